The number of piperazine rings is 1. The smallest absolute Gasteiger partial charge is 0.272 e. The van der Waals surface area contributed by atoms with Gasteiger partial charge in [-0.3, -0.25) is 4.79 Å². The molecule has 0 spiro atoms. The molecule has 1 aliphatic rings. The van der Waals surface area contributed by atoms with Crippen molar-refractivity contribution in [1.29, 1.82) is 0 Å². The third-order valence-corrected chi connectivity index (χ3v) is 4.49. The molecule has 0 atom stereocenters. The summed E-state index contributed by atoms with van der Waals surface area (Å²) < 4.78 is 13.8. The van der Waals surface area contributed by atoms with E-state index in [9.17, 15) is 9.18 Å². The van der Waals surface area contributed by atoms with Gasteiger partial charge in [0.05, 0.1) is 0 Å². The lowest BCUT2D eigenvalue weighted by Crippen LogP contribution is -2.45. The normalized spacial score (nSPS) is 15.2. The summed E-state index contributed by atoms with van der Waals surface area (Å²) in [5, 5.41) is 0. The van der Waals surface area contributed by atoms with E-state index in [1.54, 1.807) is 31.3 Å². The molecule has 1 amide bonds. The number of amides is 1. The molecule has 2 aromatic rings. The Labute approximate surface area is 147 Å². The molecule has 0 aliphatic carbocycles. The SMILES string of the molecule is CN1CCN(c2cccc(C(=O)N(C)Cc3ccccc3F)n2)CC1. The Kier molecular flexibility index (Phi) is 5.28. The van der Waals surface area contributed by atoms with Crippen molar-refractivity contribution >= 4 is 11.7 Å². The van der Waals surface area contributed by atoms with Crippen LogP contribution in [0.4, 0.5) is 10.2 Å². The molecule has 1 aromatic heterocycles. The second kappa shape index (κ2) is 7.61. The van der Waals surface area contributed by atoms with Gasteiger partial charge in [0.1, 0.15) is 17.3 Å². The number of carbonyl (C=O) groups excluding carboxylic acids is 1. The number of halogens is 1. The highest BCUT2D eigenvalue weighted by Crippen LogP contribution is 2.16. The van der Waals surface area contributed by atoms with Crippen LogP contribution in [-0.4, -0.2) is 61.0 Å². The highest BCUT2D eigenvalue weighted by atomic mass is 19.1. The second-order valence-corrected chi connectivity index (χ2v) is 6.42. The van der Waals surface area contributed by atoms with Crippen LogP contribution in [0.3, 0.4) is 0 Å². The first-order valence-corrected chi connectivity index (χ1v) is 8.44. The van der Waals surface area contributed by atoms with E-state index in [2.05, 4.69) is 21.8 Å². The van der Waals surface area contributed by atoms with E-state index in [1.807, 2.05) is 12.1 Å². The van der Waals surface area contributed by atoms with Gasteiger partial charge in [0.15, 0.2) is 0 Å². The van der Waals surface area contributed by atoms with E-state index >= 15 is 0 Å². The van der Waals surface area contributed by atoms with Crippen LogP contribution in [0.2, 0.25) is 0 Å². The lowest BCUT2D eigenvalue weighted by Gasteiger charge is -2.33. The highest BCUT2D eigenvalue weighted by Gasteiger charge is 2.19. The minimum atomic E-state index is -0.304. The molecule has 2 heterocycles. The summed E-state index contributed by atoms with van der Waals surface area (Å²) in [6.45, 7) is 3.96. The quantitative estimate of drug-likeness (QED) is 0.854. The monoisotopic (exact) mass is 342 g/mol. The number of pyridine rings is 1. The molecular weight excluding hydrogens is 319 g/mol. The number of aromatic nitrogens is 1. The van der Waals surface area contributed by atoms with Crippen LogP contribution in [0.25, 0.3) is 0 Å². The van der Waals surface area contributed by atoms with E-state index in [-0.39, 0.29) is 18.3 Å². The fourth-order valence-corrected chi connectivity index (χ4v) is 2.90. The number of carbonyl (C=O) groups is 1. The maximum Gasteiger partial charge on any atom is 0.272 e. The molecule has 1 aromatic carbocycles. The Balaban J connectivity index is 1.71. The number of hydrogen-bond donors (Lipinski definition) is 0. The Hall–Kier alpha value is -2.47. The second-order valence-electron chi connectivity index (χ2n) is 6.42. The summed E-state index contributed by atoms with van der Waals surface area (Å²) in [6, 6.07) is 12.0. The molecule has 5 nitrogen and oxygen atoms in total. The van der Waals surface area contributed by atoms with E-state index in [4.69, 9.17) is 0 Å². The summed E-state index contributed by atoms with van der Waals surface area (Å²) in [7, 11) is 3.77. The molecule has 1 saturated heterocycles. The number of hydrogen-bond acceptors (Lipinski definition) is 4. The van der Waals surface area contributed by atoms with Gasteiger partial charge in [-0.25, -0.2) is 9.37 Å². The average Bonchev–Trinajstić information content (AvgIpc) is 2.63. The van der Waals surface area contributed by atoms with Gasteiger partial charge in [-0.1, -0.05) is 24.3 Å². The number of anilines is 1. The molecule has 25 heavy (non-hydrogen) atoms. The third-order valence-electron chi connectivity index (χ3n) is 4.49. The van der Waals surface area contributed by atoms with Crippen LogP contribution < -0.4 is 4.90 Å². The molecule has 0 saturated carbocycles. The minimum absolute atomic E-state index is 0.209. The molecule has 1 aliphatic heterocycles. The van der Waals surface area contributed by atoms with Crippen molar-refractivity contribution in [3.63, 3.8) is 0 Å². The zero-order valence-corrected chi connectivity index (χ0v) is 14.7. The van der Waals surface area contributed by atoms with Crippen molar-refractivity contribution in [2.24, 2.45) is 0 Å². The first-order chi connectivity index (χ1) is 12.0. The van der Waals surface area contributed by atoms with Gasteiger partial charge in [0.2, 0.25) is 0 Å². The van der Waals surface area contributed by atoms with Crippen LogP contribution in [0.5, 0.6) is 0 Å². The minimum Gasteiger partial charge on any atom is -0.354 e. The number of benzene rings is 1. The number of likely N-dealkylation sites (N-methyl/N-ethyl adjacent to an activating group) is 1. The van der Waals surface area contributed by atoms with Crippen LogP contribution in [0.1, 0.15) is 16.1 Å². The van der Waals surface area contributed by atoms with Crippen molar-refractivity contribution < 1.29 is 9.18 Å². The van der Waals surface area contributed by atoms with Crippen LogP contribution in [0.15, 0.2) is 42.5 Å². The van der Waals surface area contributed by atoms with Crippen LogP contribution in [-0.2, 0) is 6.54 Å². The zero-order chi connectivity index (χ0) is 17.8. The highest BCUT2D eigenvalue weighted by molar-refractivity contribution is 5.92. The Morgan fingerprint density at radius 3 is 2.56 bits per heavy atom. The lowest BCUT2D eigenvalue weighted by atomic mass is 10.2. The molecular formula is C19H23FN4O. The largest absolute Gasteiger partial charge is 0.354 e. The van der Waals surface area contributed by atoms with Gasteiger partial charge in [0, 0.05) is 45.3 Å². The maximum atomic E-state index is 13.8. The van der Waals surface area contributed by atoms with Gasteiger partial charge >= 0.3 is 0 Å². The van der Waals surface area contributed by atoms with Crippen LogP contribution >= 0.6 is 0 Å². The van der Waals surface area contributed by atoms with E-state index in [0.717, 1.165) is 32.0 Å². The fourth-order valence-electron chi connectivity index (χ4n) is 2.90. The Bertz CT molecular complexity index is 744. The summed E-state index contributed by atoms with van der Waals surface area (Å²) in [4.78, 5) is 23.1. The van der Waals surface area contributed by atoms with Crippen molar-refractivity contribution in [2.45, 2.75) is 6.54 Å². The van der Waals surface area contributed by atoms with Gasteiger partial charge in [-0.2, -0.15) is 0 Å². The van der Waals surface area contributed by atoms with E-state index in [0.29, 0.717) is 11.3 Å². The standard InChI is InChI=1S/C19H23FN4O/c1-22-10-12-24(13-11-22)18-9-5-8-17(21-18)19(25)23(2)14-15-6-3-4-7-16(15)20/h3-9H,10-14H2,1-2H3. The number of rotatable bonds is 4. The van der Waals surface area contributed by atoms with Gasteiger partial charge in [-0.05, 0) is 25.2 Å². The molecule has 0 radical (unpaired) electrons. The van der Waals surface area contributed by atoms with Crippen molar-refractivity contribution in [3.05, 3.63) is 59.5 Å². The number of nitrogens with zero attached hydrogens (tertiary/aromatic N) is 4. The fraction of sp³-hybridized carbons (Fsp3) is 0.368. The predicted molar refractivity (Wildman–Crippen MR) is 96.1 cm³/mol. The summed E-state index contributed by atoms with van der Waals surface area (Å²) in [5.74, 6) is 0.304. The molecule has 0 unspecified atom stereocenters. The Morgan fingerprint density at radius 2 is 1.84 bits per heavy atom. The van der Waals surface area contributed by atoms with Gasteiger partial charge in [0.25, 0.3) is 5.91 Å². The van der Waals surface area contributed by atoms with E-state index in [1.165, 1.54) is 11.0 Å². The molecule has 1 fully saturated rings. The molecule has 0 bridgehead atoms. The topological polar surface area (TPSA) is 39.7 Å². The molecule has 132 valence electrons. The summed E-state index contributed by atoms with van der Waals surface area (Å²) in [5.41, 5.74) is 0.879. The lowest BCUT2D eigenvalue weighted by molar-refractivity contribution is 0.0778. The van der Waals surface area contributed by atoms with Crippen LogP contribution in [0, 0.1) is 5.82 Å². The first kappa shape index (κ1) is 17.4. The van der Waals surface area contributed by atoms with Crippen molar-refractivity contribution in [3.8, 4) is 0 Å². The summed E-state index contributed by atoms with van der Waals surface area (Å²) in [6.07, 6.45) is 0. The predicted octanol–water partition coefficient (Wildman–Crippen LogP) is 2.24. The van der Waals surface area contributed by atoms with Gasteiger partial charge < -0.3 is 14.7 Å². The zero-order valence-electron chi connectivity index (χ0n) is 14.7. The molecule has 6 heteroatoms. The third kappa shape index (κ3) is 4.14. The Morgan fingerprint density at radius 1 is 1.12 bits per heavy atom. The molecule has 3 rings (SSSR count). The first-order valence-electron chi connectivity index (χ1n) is 8.44. The van der Waals surface area contributed by atoms with E-state index < -0.39 is 0 Å². The average molecular weight is 342 g/mol. The molecule has 0 N–H and O–H groups in total. The maximum absolute atomic E-state index is 13.8. The summed E-state index contributed by atoms with van der Waals surface area (Å²) >= 11 is 0. The van der Waals surface area contributed by atoms with Crippen molar-refractivity contribution in [1.82, 2.24) is 14.8 Å². The van der Waals surface area contributed by atoms with Gasteiger partial charge in [-0.15, -0.1) is 0 Å². The van der Waals surface area contributed by atoms with Crippen molar-refractivity contribution in [2.75, 3.05) is 45.2 Å².